The first-order valence-corrected chi connectivity index (χ1v) is 10.1. The zero-order valence-corrected chi connectivity index (χ0v) is 14.0. The first kappa shape index (κ1) is 14.8. The monoisotopic (exact) mass is 306 g/mol. The Kier molecular flexibility index (Phi) is 5.78. The molecule has 0 unspecified atom stereocenters. The lowest BCUT2D eigenvalue weighted by Gasteiger charge is -2.22. The number of hydrogen-bond donors (Lipinski definition) is 0. The Morgan fingerprint density at radius 2 is 1.10 bits per heavy atom. The van der Waals surface area contributed by atoms with Gasteiger partial charge in [0.2, 0.25) is 0 Å². The molecule has 0 radical (unpaired) electrons. The Bertz CT molecular complexity index is 368. The first-order valence-electron chi connectivity index (χ1n) is 8.33. The molecule has 2 aliphatic carbocycles. The molecule has 3 rings (SSSR count). The van der Waals surface area contributed by atoms with Crippen molar-refractivity contribution < 1.29 is 0 Å². The molecule has 110 valence electrons. The van der Waals surface area contributed by atoms with Gasteiger partial charge in [-0.25, -0.2) is 0 Å². The lowest BCUT2D eigenvalue weighted by atomic mass is 10.0. The van der Waals surface area contributed by atoms with Gasteiger partial charge in [0.15, 0.2) is 0 Å². The Morgan fingerprint density at radius 3 is 1.55 bits per heavy atom. The minimum atomic E-state index is 0.874. The molecular formula is C18H26S2. The van der Waals surface area contributed by atoms with Crippen molar-refractivity contribution in [2.45, 2.75) is 84.5 Å². The molecule has 0 heterocycles. The minimum Gasteiger partial charge on any atom is -0.123 e. The highest BCUT2D eigenvalue weighted by Gasteiger charge is 2.16. The summed E-state index contributed by atoms with van der Waals surface area (Å²) in [5.41, 5.74) is 0. The number of rotatable bonds is 4. The van der Waals surface area contributed by atoms with Crippen LogP contribution in [0.1, 0.15) is 64.2 Å². The maximum atomic E-state index is 2.44. The van der Waals surface area contributed by atoms with Gasteiger partial charge < -0.3 is 0 Å². The zero-order chi connectivity index (χ0) is 13.6. The summed E-state index contributed by atoms with van der Waals surface area (Å²) >= 11 is 4.25. The summed E-state index contributed by atoms with van der Waals surface area (Å²) in [5, 5.41) is 1.75. The van der Waals surface area contributed by atoms with Crippen LogP contribution in [0.3, 0.4) is 0 Å². The zero-order valence-electron chi connectivity index (χ0n) is 12.4. The summed E-state index contributed by atoms with van der Waals surface area (Å²) in [6.45, 7) is 0. The van der Waals surface area contributed by atoms with Gasteiger partial charge in [-0.05, 0) is 43.9 Å². The van der Waals surface area contributed by atoms with E-state index >= 15 is 0 Å². The van der Waals surface area contributed by atoms with Crippen LogP contribution in [0.5, 0.6) is 0 Å². The lowest BCUT2D eigenvalue weighted by Crippen LogP contribution is -2.08. The van der Waals surface area contributed by atoms with E-state index in [2.05, 4.69) is 47.8 Å². The van der Waals surface area contributed by atoms with E-state index in [0.29, 0.717) is 0 Å². The van der Waals surface area contributed by atoms with Crippen LogP contribution >= 0.6 is 23.5 Å². The van der Waals surface area contributed by atoms with E-state index in [1.807, 2.05) is 0 Å². The Balaban J connectivity index is 1.57. The summed E-state index contributed by atoms with van der Waals surface area (Å²) in [4.78, 5) is 3.00. The molecule has 0 amide bonds. The van der Waals surface area contributed by atoms with Gasteiger partial charge in [0.05, 0.1) is 0 Å². The summed E-state index contributed by atoms with van der Waals surface area (Å²) in [6, 6.07) is 9.32. The predicted octanol–water partition coefficient (Wildman–Crippen LogP) is 6.54. The van der Waals surface area contributed by atoms with Crippen molar-refractivity contribution in [3.63, 3.8) is 0 Å². The first-order chi connectivity index (χ1) is 9.90. The number of hydrogen-bond acceptors (Lipinski definition) is 2. The van der Waals surface area contributed by atoms with Crippen molar-refractivity contribution in [3.8, 4) is 0 Å². The fraction of sp³-hybridized carbons (Fsp3) is 0.667. The summed E-state index contributed by atoms with van der Waals surface area (Å²) in [6.07, 6.45) is 14.3. The highest BCUT2D eigenvalue weighted by Crippen LogP contribution is 2.37. The Hall–Kier alpha value is -0.0800. The topological polar surface area (TPSA) is 0 Å². The van der Waals surface area contributed by atoms with E-state index in [-0.39, 0.29) is 0 Å². The fourth-order valence-electron chi connectivity index (χ4n) is 3.37. The van der Waals surface area contributed by atoms with Crippen LogP contribution in [0.4, 0.5) is 0 Å². The van der Waals surface area contributed by atoms with Gasteiger partial charge in [0.25, 0.3) is 0 Å². The van der Waals surface area contributed by atoms with Crippen molar-refractivity contribution in [3.05, 3.63) is 24.3 Å². The van der Waals surface area contributed by atoms with Crippen molar-refractivity contribution in [2.24, 2.45) is 0 Å². The highest BCUT2D eigenvalue weighted by atomic mass is 32.2. The second-order valence-electron chi connectivity index (χ2n) is 6.23. The van der Waals surface area contributed by atoms with Crippen LogP contribution in [-0.2, 0) is 0 Å². The van der Waals surface area contributed by atoms with Gasteiger partial charge in [-0.1, -0.05) is 44.6 Å². The molecule has 0 bridgehead atoms. The van der Waals surface area contributed by atoms with E-state index < -0.39 is 0 Å². The molecule has 0 aromatic heterocycles. The molecular weight excluding hydrogens is 280 g/mol. The van der Waals surface area contributed by atoms with Crippen LogP contribution in [0.25, 0.3) is 0 Å². The molecule has 0 atom stereocenters. The average molecular weight is 307 g/mol. The molecule has 0 nitrogen and oxygen atoms in total. The average Bonchev–Trinajstić information content (AvgIpc) is 2.50. The summed E-state index contributed by atoms with van der Waals surface area (Å²) in [7, 11) is 0. The van der Waals surface area contributed by atoms with Gasteiger partial charge in [-0.15, -0.1) is 23.5 Å². The van der Waals surface area contributed by atoms with E-state index in [1.165, 1.54) is 74.0 Å². The third-order valence-electron chi connectivity index (χ3n) is 4.52. The van der Waals surface area contributed by atoms with Crippen LogP contribution in [0.2, 0.25) is 0 Å². The van der Waals surface area contributed by atoms with Crippen LogP contribution in [0.15, 0.2) is 34.1 Å². The molecule has 1 aromatic rings. The molecule has 2 saturated carbocycles. The second kappa shape index (κ2) is 7.79. The smallest absolute Gasteiger partial charge is 0.00944 e. The number of benzene rings is 1. The molecule has 20 heavy (non-hydrogen) atoms. The van der Waals surface area contributed by atoms with Crippen LogP contribution < -0.4 is 0 Å². The van der Waals surface area contributed by atoms with Gasteiger partial charge in [0, 0.05) is 20.3 Å². The molecule has 0 spiro atoms. The standard InChI is InChI=1S/C18H26S2/c1-3-8-15(9-4-1)19-17-12-7-13-18(14-17)20-16-10-5-2-6-11-16/h7,12-16H,1-6,8-11H2. The Morgan fingerprint density at radius 1 is 0.650 bits per heavy atom. The summed E-state index contributed by atoms with van der Waals surface area (Å²) in [5.74, 6) is 0. The van der Waals surface area contributed by atoms with E-state index in [9.17, 15) is 0 Å². The Labute approximate surface area is 132 Å². The normalized spacial score (nSPS) is 22.0. The molecule has 2 aliphatic rings. The van der Waals surface area contributed by atoms with Gasteiger partial charge >= 0.3 is 0 Å². The van der Waals surface area contributed by atoms with Gasteiger partial charge in [0.1, 0.15) is 0 Å². The fourth-order valence-corrected chi connectivity index (χ4v) is 6.06. The molecule has 0 saturated heterocycles. The highest BCUT2D eigenvalue weighted by molar-refractivity contribution is 8.00. The maximum absolute atomic E-state index is 2.44. The SMILES string of the molecule is c1cc(SC2CCCCC2)cc(SC2CCCCC2)c1. The van der Waals surface area contributed by atoms with Crippen LogP contribution in [0, 0.1) is 0 Å². The molecule has 0 N–H and O–H groups in total. The third kappa shape index (κ3) is 4.46. The predicted molar refractivity (Wildman–Crippen MR) is 91.9 cm³/mol. The van der Waals surface area contributed by atoms with Crippen molar-refractivity contribution >= 4 is 23.5 Å². The van der Waals surface area contributed by atoms with Gasteiger partial charge in [-0.2, -0.15) is 0 Å². The third-order valence-corrected chi connectivity index (χ3v) is 7.18. The van der Waals surface area contributed by atoms with E-state index in [1.54, 1.807) is 0 Å². The van der Waals surface area contributed by atoms with Crippen molar-refractivity contribution in [2.75, 3.05) is 0 Å². The van der Waals surface area contributed by atoms with E-state index in [4.69, 9.17) is 0 Å². The minimum absolute atomic E-state index is 0.874. The molecule has 0 aliphatic heterocycles. The second-order valence-corrected chi connectivity index (χ2v) is 8.98. The van der Waals surface area contributed by atoms with Crippen LogP contribution in [-0.4, -0.2) is 10.5 Å². The number of thioether (sulfide) groups is 2. The largest absolute Gasteiger partial charge is 0.123 e. The maximum Gasteiger partial charge on any atom is 0.00944 e. The quantitative estimate of drug-likeness (QED) is 0.619. The van der Waals surface area contributed by atoms with Gasteiger partial charge in [-0.3, -0.25) is 0 Å². The van der Waals surface area contributed by atoms with Crippen molar-refractivity contribution in [1.29, 1.82) is 0 Å². The van der Waals surface area contributed by atoms with Crippen molar-refractivity contribution in [1.82, 2.24) is 0 Å². The lowest BCUT2D eigenvalue weighted by molar-refractivity contribution is 0.515. The molecule has 1 aromatic carbocycles. The molecule has 2 fully saturated rings. The van der Waals surface area contributed by atoms with E-state index in [0.717, 1.165) is 10.5 Å². The summed E-state index contributed by atoms with van der Waals surface area (Å²) < 4.78 is 0. The molecule has 2 heteroatoms.